The van der Waals surface area contributed by atoms with Crippen molar-refractivity contribution in [3.05, 3.63) is 29.8 Å². The van der Waals surface area contributed by atoms with Crippen molar-refractivity contribution in [2.45, 2.75) is 32.2 Å². The highest BCUT2D eigenvalue weighted by Gasteiger charge is 2.23. The molecule has 1 heterocycles. The minimum Gasteiger partial charge on any atom is -0.491 e. The zero-order valence-electron chi connectivity index (χ0n) is 12.5. The van der Waals surface area contributed by atoms with Crippen LogP contribution in [0.5, 0.6) is 5.75 Å². The Morgan fingerprint density at radius 1 is 1.33 bits per heavy atom. The van der Waals surface area contributed by atoms with Crippen LogP contribution in [-0.2, 0) is 4.74 Å². The number of aliphatic hydroxyl groups excluding tert-OH is 1. The molecule has 1 aromatic carbocycles. The van der Waals surface area contributed by atoms with E-state index in [9.17, 15) is 5.11 Å². The van der Waals surface area contributed by atoms with Crippen LogP contribution >= 0.6 is 0 Å². The average molecular weight is 290 g/mol. The number of hydrogen-bond donors (Lipinski definition) is 1. The number of rotatable bonds is 5. The molecule has 1 fully saturated rings. The summed E-state index contributed by atoms with van der Waals surface area (Å²) in [5.41, 5.74) is 0.596. The summed E-state index contributed by atoms with van der Waals surface area (Å²) in [5, 5.41) is 18.8. The van der Waals surface area contributed by atoms with E-state index in [0.29, 0.717) is 17.9 Å². The van der Waals surface area contributed by atoms with E-state index in [1.807, 2.05) is 13.8 Å². The summed E-state index contributed by atoms with van der Waals surface area (Å²) < 4.78 is 11.2. The molecule has 1 aliphatic heterocycles. The van der Waals surface area contributed by atoms with Crippen LogP contribution in [0.15, 0.2) is 24.3 Å². The lowest BCUT2D eigenvalue weighted by molar-refractivity contribution is -0.0786. The molecule has 0 amide bonds. The van der Waals surface area contributed by atoms with E-state index >= 15 is 0 Å². The average Bonchev–Trinajstić information content (AvgIpc) is 2.44. The van der Waals surface area contributed by atoms with Crippen LogP contribution in [0.3, 0.4) is 0 Å². The fourth-order valence-electron chi connectivity index (χ4n) is 2.60. The van der Waals surface area contributed by atoms with E-state index in [-0.39, 0.29) is 18.8 Å². The fourth-order valence-corrected chi connectivity index (χ4v) is 2.60. The summed E-state index contributed by atoms with van der Waals surface area (Å²) in [5.74, 6) is 0.664. The van der Waals surface area contributed by atoms with Gasteiger partial charge in [0.15, 0.2) is 0 Å². The van der Waals surface area contributed by atoms with Crippen molar-refractivity contribution in [2.75, 3.05) is 26.2 Å². The lowest BCUT2D eigenvalue weighted by atomic mass is 10.2. The van der Waals surface area contributed by atoms with Gasteiger partial charge < -0.3 is 14.6 Å². The normalized spacial score (nSPS) is 24.3. The molecule has 0 aromatic heterocycles. The molecule has 1 saturated heterocycles. The molecule has 5 heteroatoms. The Kier molecular flexibility index (Phi) is 5.57. The molecule has 0 aliphatic carbocycles. The van der Waals surface area contributed by atoms with Gasteiger partial charge in [0.25, 0.3) is 0 Å². The van der Waals surface area contributed by atoms with Crippen LogP contribution in [0.4, 0.5) is 0 Å². The maximum atomic E-state index is 10.1. The molecule has 114 valence electrons. The summed E-state index contributed by atoms with van der Waals surface area (Å²) in [6.45, 7) is 6.57. The minimum absolute atomic E-state index is 0.195. The van der Waals surface area contributed by atoms with Gasteiger partial charge in [0.1, 0.15) is 18.5 Å². The molecule has 1 aliphatic rings. The van der Waals surface area contributed by atoms with Gasteiger partial charge in [-0.1, -0.05) is 0 Å². The van der Waals surface area contributed by atoms with Crippen LogP contribution < -0.4 is 4.74 Å². The molecular formula is C16H22N2O3. The number of hydrogen-bond acceptors (Lipinski definition) is 5. The van der Waals surface area contributed by atoms with Crippen LogP contribution in [0.25, 0.3) is 0 Å². The maximum Gasteiger partial charge on any atom is 0.119 e. The van der Waals surface area contributed by atoms with Crippen molar-refractivity contribution in [2.24, 2.45) is 0 Å². The first kappa shape index (κ1) is 15.8. The first-order chi connectivity index (χ1) is 10.1. The zero-order chi connectivity index (χ0) is 15.2. The molecule has 0 saturated carbocycles. The molecule has 21 heavy (non-hydrogen) atoms. The minimum atomic E-state index is -0.543. The summed E-state index contributed by atoms with van der Waals surface area (Å²) in [4.78, 5) is 2.20. The molecule has 0 radical (unpaired) electrons. The first-order valence-electron chi connectivity index (χ1n) is 7.25. The summed E-state index contributed by atoms with van der Waals surface area (Å²) in [6, 6.07) is 8.94. The molecule has 2 rings (SSSR count). The quantitative estimate of drug-likeness (QED) is 0.888. The molecule has 0 bridgehead atoms. The highest BCUT2D eigenvalue weighted by Crippen LogP contribution is 2.13. The van der Waals surface area contributed by atoms with E-state index in [4.69, 9.17) is 14.7 Å². The summed E-state index contributed by atoms with van der Waals surface area (Å²) in [7, 11) is 0. The number of benzene rings is 1. The number of morpholine rings is 1. The van der Waals surface area contributed by atoms with E-state index in [2.05, 4.69) is 11.0 Å². The number of aliphatic hydroxyl groups is 1. The standard InChI is InChI=1S/C16H22N2O3/c1-12-8-18(9-13(2)21-12)10-15(19)11-20-16-5-3-14(7-17)4-6-16/h3-6,12-13,15,19H,8-11H2,1-2H3/t12-,13+,15?. The van der Waals surface area contributed by atoms with E-state index in [1.165, 1.54) is 0 Å². The maximum absolute atomic E-state index is 10.1. The number of β-amino-alcohol motifs (C(OH)–C–C–N with tert-alkyl or cyclic N) is 1. The topological polar surface area (TPSA) is 65.7 Å². The van der Waals surface area contributed by atoms with Gasteiger partial charge >= 0.3 is 0 Å². The van der Waals surface area contributed by atoms with E-state index in [1.54, 1.807) is 24.3 Å². The van der Waals surface area contributed by atoms with Crippen LogP contribution in [0, 0.1) is 11.3 Å². The molecule has 0 spiro atoms. The van der Waals surface area contributed by atoms with Gasteiger partial charge in [0.2, 0.25) is 0 Å². The van der Waals surface area contributed by atoms with Crippen molar-refractivity contribution in [3.8, 4) is 11.8 Å². The van der Waals surface area contributed by atoms with Gasteiger partial charge in [-0.15, -0.1) is 0 Å². The second-order valence-electron chi connectivity index (χ2n) is 5.58. The zero-order valence-corrected chi connectivity index (χ0v) is 12.5. The summed E-state index contributed by atoms with van der Waals surface area (Å²) >= 11 is 0. The van der Waals surface area contributed by atoms with Crippen LogP contribution in [0.1, 0.15) is 19.4 Å². The van der Waals surface area contributed by atoms with Gasteiger partial charge in [-0.05, 0) is 38.1 Å². The van der Waals surface area contributed by atoms with Gasteiger partial charge in [0.05, 0.1) is 23.8 Å². The molecule has 1 N–H and O–H groups in total. The molecular weight excluding hydrogens is 268 g/mol. The van der Waals surface area contributed by atoms with Gasteiger partial charge in [-0.2, -0.15) is 5.26 Å². The highest BCUT2D eigenvalue weighted by molar-refractivity contribution is 5.34. The van der Waals surface area contributed by atoms with Gasteiger partial charge in [-0.25, -0.2) is 0 Å². The van der Waals surface area contributed by atoms with E-state index in [0.717, 1.165) is 13.1 Å². The Labute approximate surface area is 125 Å². The second-order valence-corrected chi connectivity index (χ2v) is 5.58. The van der Waals surface area contributed by atoms with Crippen molar-refractivity contribution in [1.29, 1.82) is 5.26 Å². The Bertz CT molecular complexity index is 473. The predicted octanol–water partition coefficient (Wildman–Crippen LogP) is 1.41. The summed E-state index contributed by atoms with van der Waals surface area (Å²) in [6.07, 6.45) is -0.154. The van der Waals surface area contributed by atoms with Crippen LogP contribution in [-0.4, -0.2) is 54.6 Å². The second kappa shape index (κ2) is 7.41. The van der Waals surface area contributed by atoms with Gasteiger partial charge in [0, 0.05) is 19.6 Å². The Morgan fingerprint density at radius 2 is 1.95 bits per heavy atom. The van der Waals surface area contributed by atoms with Crippen molar-refractivity contribution < 1.29 is 14.6 Å². The molecule has 5 nitrogen and oxygen atoms in total. The first-order valence-corrected chi connectivity index (χ1v) is 7.25. The lowest BCUT2D eigenvalue weighted by Crippen LogP contribution is -2.48. The van der Waals surface area contributed by atoms with Crippen molar-refractivity contribution in [3.63, 3.8) is 0 Å². The number of ether oxygens (including phenoxy) is 2. The molecule has 3 atom stereocenters. The SMILES string of the molecule is C[C@@H]1CN(CC(O)COc2ccc(C#N)cc2)C[C@H](C)O1. The Morgan fingerprint density at radius 3 is 2.52 bits per heavy atom. The fraction of sp³-hybridized carbons (Fsp3) is 0.562. The third-order valence-electron chi connectivity index (χ3n) is 3.39. The van der Waals surface area contributed by atoms with Crippen LogP contribution in [0.2, 0.25) is 0 Å². The predicted molar refractivity (Wildman–Crippen MR) is 79.1 cm³/mol. The smallest absolute Gasteiger partial charge is 0.119 e. The monoisotopic (exact) mass is 290 g/mol. The Hall–Kier alpha value is -1.61. The third-order valence-corrected chi connectivity index (χ3v) is 3.39. The number of nitriles is 1. The Balaban J connectivity index is 1.76. The van der Waals surface area contributed by atoms with Gasteiger partial charge in [-0.3, -0.25) is 4.90 Å². The van der Waals surface area contributed by atoms with E-state index < -0.39 is 6.10 Å². The van der Waals surface area contributed by atoms with Crippen molar-refractivity contribution in [1.82, 2.24) is 4.90 Å². The molecule has 1 aromatic rings. The largest absolute Gasteiger partial charge is 0.491 e. The lowest BCUT2D eigenvalue weighted by Gasteiger charge is -2.36. The van der Waals surface area contributed by atoms with Crippen molar-refractivity contribution >= 4 is 0 Å². The highest BCUT2D eigenvalue weighted by atomic mass is 16.5. The number of nitrogens with zero attached hydrogens (tertiary/aromatic N) is 2. The third kappa shape index (κ3) is 5.01. The molecule has 1 unspecified atom stereocenters.